The van der Waals surface area contributed by atoms with Crippen LogP contribution in [-0.2, 0) is 16.6 Å². The Balaban J connectivity index is 1.78. The summed E-state index contributed by atoms with van der Waals surface area (Å²) in [5.41, 5.74) is 2.41. The second kappa shape index (κ2) is 9.29. The van der Waals surface area contributed by atoms with E-state index < -0.39 is 10.0 Å². The molecule has 24 heavy (non-hydrogen) atoms. The number of thioether (sulfide) groups is 1. The van der Waals surface area contributed by atoms with Crippen LogP contribution in [-0.4, -0.2) is 62.6 Å². The van der Waals surface area contributed by atoms with Crippen LogP contribution < -0.4 is 10.6 Å². The number of nitrogens with one attached hydrogen (secondary N) is 2. The minimum absolute atomic E-state index is 0.0860. The molecule has 1 heterocycles. The molecule has 1 aliphatic heterocycles. The third kappa shape index (κ3) is 5.68. The standard InChI is InChI=1S/C16H26N4O2S2/c1-14-5-3-4-6-15(14)13-19-16(17-2)18-7-12-24(21,22)20-8-10-23-11-9-20/h3-6H,7-13H2,1-2H3,(H2,17,18,19). The molecule has 0 amide bonds. The Morgan fingerprint density at radius 1 is 1.25 bits per heavy atom. The molecule has 1 aliphatic rings. The van der Waals surface area contributed by atoms with Gasteiger partial charge in [0.2, 0.25) is 10.0 Å². The van der Waals surface area contributed by atoms with Crippen LogP contribution in [0.15, 0.2) is 29.3 Å². The fraction of sp³-hybridized carbons (Fsp3) is 0.562. The van der Waals surface area contributed by atoms with Gasteiger partial charge >= 0.3 is 0 Å². The van der Waals surface area contributed by atoms with E-state index in [1.807, 2.05) is 12.1 Å². The average Bonchev–Trinajstić information content (AvgIpc) is 2.60. The molecule has 0 bridgehead atoms. The molecule has 0 aromatic heterocycles. The first-order valence-electron chi connectivity index (χ1n) is 8.07. The van der Waals surface area contributed by atoms with Crippen LogP contribution in [0.1, 0.15) is 11.1 Å². The number of rotatable bonds is 6. The van der Waals surface area contributed by atoms with Crippen molar-refractivity contribution in [2.75, 3.05) is 43.9 Å². The quantitative estimate of drug-likeness (QED) is 0.578. The number of nitrogens with zero attached hydrogens (tertiary/aromatic N) is 2. The van der Waals surface area contributed by atoms with Crippen molar-refractivity contribution in [1.82, 2.24) is 14.9 Å². The van der Waals surface area contributed by atoms with Gasteiger partial charge in [0.05, 0.1) is 5.75 Å². The largest absolute Gasteiger partial charge is 0.355 e. The molecule has 1 aromatic rings. The minimum atomic E-state index is -3.19. The van der Waals surface area contributed by atoms with Crippen molar-refractivity contribution in [3.05, 3.63) is 35.4 Å². The molecular weight excluding hydrogens is 344 g/mol. The third-order valence-electron chi connectivity index (χ3n) is 3.95. The zero-order valence-corrected chi connectivity index (χ0v) is 15.9. The highest BCUT2D eigenvalue weighted by Crippen LogP contribution is 2.13. The molecule has 0 unspecified atom stereocenters. The van der Waals surface area contributed by atoms with Crippen LogP contribution >= 0.6 is 11.8 Å². The number of guanidine groups is 1. The smallest absolute Gasteiger partial charge is 0.215 e. The van der Waals surface area contributed by atoms with Crippen molar-refractivity contribution in [3.63, 3.8) is 0 Å². The Morgan fingerprint density at radius 3 is 2.62 bits per heavy atom. The van der Waals surface area contributed by atoms with Crippen LogP contribution in [0.3, 0.4) is 0 Å². The van der Waals surface area contributed by atoms with Gasteiger partial charge < -0.3 is 10.6 Å². The Hall–Kier alpha value is -1.25. The maximum atomic E-state index is 12.3. The molecular formula is C16H26N4O2S2. The molecule has 0 atom stereocenters. The van der Waals surface area contributed by atoms with Crippen molar-refractivity contribution in [1.29, 1.82) is 0 Å². The lowest BCUT2D eigenvalue weighted by Gasteiger charge is -2.25. The molecule has 134 valence electrons. The van der Waals surface area contributed by atoms with Gasteiger partial charge in [-0.2, -0.15) is 11.8 Å². The van der Waals surface area contributed by atoms with E-state index in [0.717, 1.165) is 11.5 Å². The number of hydrogen-bond acceptors (Lipinski definition) is 4. The molecule has 1 fully saturated rings. The number of aliphatic imine (C=N–C) groups is 1. The van der Waals surface area contributed by atoms with Crippen molar-refractivity contribution in [3.8, 4) is 0 Å². The first-order chi connectivity index (χ1) is 11.5. The summed E-state index contributed by atoms with van der Waals surface area (Å²) < 4.78 is 26.2. The predicted molar refractivity (Wildman–Crippen MR) is 102 cm³/mol. The first-order valence-corrected chi connectivity index (χ1v) is 10.8. The predicted octanol–water partition coefficient (Wildman–Crippen LogP) is 1.04. The lowest BCUT2D eigenvalue weighted by atomic mass is 10.1. The third-order valence-corrected chi connectivity index (χ3v) is 6.76. The van der Waals surface area contributed by atoms with Crippen LogP contribution in [0.5, 0.6) is 0 Å². The number of aryl methyl sites for hydroxylation is 1. The first kappa shape index (κ1) is 19.1. The van der Waals surface area contributed by atoms with Crippen molar-refractivity contribution in [2.24, 2.45) is 4.99 Å². The molecule has 1 saturated heterocycles. The maximum Gasteiger partial charge on any atom is 0.215 e. The highest BCUT2D eigenvalue weighted by atomic mass is 32.2. The summed E-state index contributed by atoms with van der Waals surface area (Å²) in [6.45, 7) is 4.30. The Kier molecular flexibility index (Phi) is 7.39. The van der Waals surface area contributed by atoms with E-state index in [1.165, 1.54) is 11.1 Å². The summed E-state index contributed by atoms with van der Waals surface area (Å²) in [6.07, 6.45) is 0. The van der Waals surface area contributed by atoms with Gasteiger partial charge in [-0.15, -0.1) is 0 Å². The minimum Gasteiger partial charge on any atom is -0.355 e. The average molecular weight is 371 g/mol. The second-order valence-electron chi connectivity index (χ2n) is 5.61. The molecule has 0 saturated carbocycles. The number of benzene rings is 1. The van der Waals surface area contributed by atoms with E-state index in [2.05, 4.69) is 34.7 Å². The van der Waals surface area contributed by atoms with Gasteiger partial charge in [0.1, 0.15) is 0 Å². The van der Waals surface area contributed by atoms with E-state index >= 15 is 0 Å². The molecule has 0 radical (unpaired) electrons. The molecule has 2 N–H and O–H groups in total. The molecule has 0 spiro atoms. The number of hydrogen-bond donors (Lipinski definition) is 2. The Morgan fingerprint density at radius 2 is 1.96 bits per heavy atom. The summed E-state index contributed by atoms with van der Waals surface area (Å²) in [4.78, 5) is 4.15. The van der Waals surface area contributed by atoms with Gasteiger partial charge in [0.15, 0.2) is 5.96 Å². The van der Waals surface area contributed by atoms with E-state index in [9.17, 15) is 8.42 Å². The van der Waals surface area contributed by atoms with Crippen LogP contribution in [0.25, 0.3) is 0 Å². The fourth-order valence-electron chi connectivity index (χ4n) is 2.46. The van der Waals surface area contributed by atoms with E-state index in [4.69, 9.17) is 0 Å². The molecule has 0 aliphatic carbocycles. The highest BCUT2D eigenvalue weighted by Gasteiger charge is 2.23. The van der Waals surface area contributed by atoms with Gasteiger partial charge in [-0.1, -0.05) is 24.3 Å². The Bertz CT molecular complexity index is 656. The normalized spacial score (nSPS) is 16.8. The monoisotopic (exact) mass is 370 g/mol. The van der Waals surface area contributed by atoms with Gasteiger partial charge in [-0.25, -0.2) is 12.7 Å². The van der Waals surface area contributed by atoms with Crippen LogP contribution in [0.4, 0.5) is 0 Å². The van der Waals surface area contributed by atoms with Crippen molar-refractivity contribution >= 4 is 27.7 Å². The summed E-state index contributed by atoms with van der Waals surface area (Å²) in [6, 6.07) is 8.14. The number of sulfonamides is 1. The van der Waals surface area contributed by atoms with Gasteiger partial charge in [-0.3, -0.25) is 4.99 Å². The zero-order chi connectivity index (χ0) is 17.4. The second-order valence-corrected chi connectivity index (χ2v) is 8.92. The van der Waals surface area contributed by atoms with Gasteiger partial charge in [0, 0.05) is 44.7 Å². The van der Waals surface area contributed by atoms with Crippen LogP contribution in [0, 0.1) is 6.92 Å². The summed E-state index contributed by atoms with van der Waals surface area (Å²) in [5.74, 6) is 2.46. The molecule has 1 aromatic carbocycles. The maximum absolute atomic E-state index is 12.3. The SMILES string of the molecule is CN=C(NCCS(=O)(=O)N1CCSCC1)NCc1ccccc1C. The molecule has 8 heteroatoms. The van der Waals surface area contributed by atoms with Gasteiger partial charge in [-0.05, 0) is 18.1 Å². The van der Waals surface area contributed by atoms with Crippen molar-refractivity contribution in [2.45, 2.75) is 13.5 Å². The lowest BCUT2D eigenvalue weighted by molar-refractivity contribution is 0.443. The highest BCUT2D eigenvalue weighted by molar-refractivity contribution is 7.99. The van der Waals surface area contributed by atoms with Gasteiger partial charge in [0.25, 0.3) is 0 Å². The van der Waals surface area contributed by atoms with E-state index in [0.29, 0.717) is 32.1 Å². The summed E-state index contributed by atoms with van der Waals surface area (Å²) in [5, 5.41) is 6.30. The summed E-state index contributed by atoms with van der Waals surface area (Å²) in [7, 11) is -1.50. The lowest BCUT2D eigenvalue weighted by Crippen LogP contribution is -2.44. The molecule has 6 nitrogen and oxygen atoms in total. The topological polar surface area (TPSA) is 73.8 Å². The fourth-order valence-corrected chi connectivity index (χ4v) is 4.95. The summed E-state index contributed by atoms with van der Waals surface area (Å²) >= 11 is 1.80. The zero-order valence-electron chi connectivity index (χ0n) is 14.3. The van der Waals surface area contributed by atoms with Crippen LogP contribution in [0.2, 0.25) is 0 Å². The van der Waals surface area contributed by atoms with E-state index in [-0.39, 0.29) is 5.75 Å². The Labute approximate surface area is 149 Å². The molecule has 2 rings (SSSR count). The van der Waals surface area contributed by atoms with Crippen molar-refractivity contribution < 1.29 is 8.42 Å². The van der Waals surface area contributed by atoms with E-state index in [1.54, 1.807) is 23.1 Å².